The Hall–Kier alpha value is -2.71. The second-order valence-corrected chi connectivity index (χ2v) is 6.08. The topological polar surface area (TPSA) is 70.2 Å². The van der Waals surface area contributed by atoms with Crippen LogP contribution in [0.4, 0.5) is 19.3 Å². The van der Waals surface area contributed by atoms with Gasteiger partial charge in [-0.15, -0.1) is 0 Å². The van der Waals surface area contributed by atoms with Crippen LogP contribution in [-0.4, -0.2) is 67.0 Å². The number of anilines is 1. The molecule has 0 radical (unpaired) electrons. The largest absolute Gasteiger partial charge is 0.450 e. The van der Waals surface area contributed by atoms with Crippen molar-refractivity contribution in [3.63, 3.8) is 0 Å². The predicted molar refractivity (Wildman–Crippen MR) is 94.2 cm³/mol. The van der Waals surface area contributed by atoms with Gasteiger partial charge in [-0.1, -0.05) is 0 Å². The molecule has 0 atom stereocenters. The fraction of sp³-hybridized carbons (Fsp3) is 0.500. The van der Waals surface area contributed by atoms with Crippen molar-refractivity contribution in [1.82, 2.24) is 9.80 Å². The first kappa shape index (κ1) is 20.6. The molecule has 148 valence electrons. The molecule has 0 saturated carbocycles. The Bertz CT molecular complexity index is 706. The summed E-state index contributed by atoms with van der Waals surface area (Å²) in [6.45, 7) is 4.72. The maximum Gasteiger partial charge on any atom is 0.409 e. The fourth-order valence-corrected chi connectivity index (χ4v) is 2.87. The number of carbonyl (C=O) groups is 3. The highest BCUT2D eigenvalue weighted by molar-refractivity contribution is 5.92. The van der Waals surface area contributed by atoms with Crippen LogP contribution in [0.2, 0.25) is 0 Å². The van der Waals surface area contributed by atoms with Gasteiger partial charge in [-0.05, 0) is 19.1 Å². The zero-order valence-corrected chi connectivity index (χ0v) is 15.4. The molecule has 27 heavy (non-hydrogen) atoms. The first-order valence-electron chi connectivity index (χ1n) is 8.76. The monoisotopic (exact) mass is 383 g/mol. The Kier molecular flexibility index (Phi) is 7.09. The molecule has 2 rings (SSSR count). The molecule has 7 nitrogen and oxygen atoms in total. The van der Waals surface area contributed by atoms with Gasteiger partial charge in [0.25, 0.3) is 0 Å². The minimum atomic E-state index is -0.860. The molecule has 0 bridgehead atoms. The number of hydrogen-bond acceptors (Lipinski definition) is 4. The average molecular weight is 383 g/mol. The van der Waals surface area contributed by atoms with E-state index in [1.165, 1.54) is 17.9 Å². The van der Waals surface area contributed by atoms with Gasteiger partial charge in [-0.3, -0.25) is 9.59 Å². The molecule has 0 unspecified atom stereocenters. The van der Waals surface area contributed by atoms with E-state index < -0.39 is 23.6 Å². The normalized spacial score (nSPS) is 14.1. The van der Waals surface area contributed by atoms with Crippen molar-refractivity contribution in [2.75, 3.05) is 44.2 Å². The number of piperazine rings is 1. The van der Waals surface area contributed by atoms with Crippen molar-refractivity contribution in [3.8, 4) is 0 Å². The number of rotatable bonds is 5. The zero-order valence-electron chi connectivity index (χ0n) is 15.4. The minimum absolute atomic E-state index is 0.00416. The van der Waals surface area contributed by atoms with Crippen LogP contribution in [0.5, 0.6) is 0 Å². The number of benzene rings is 1. The van der Waals surface area contributed by atoms with Crippen molar-refractivity contribution in [2.45, 2.75) is 20.3 Å². The van der Waals surface area contributed by atoms with Crippen molar-refractivity contribution >= 4 is 23.6 Å². The van der Waals surface area contributed by atoms with Crippen LogP contribution in [0.1, 0.15) is 20.3 Å². The number of halogens is 2. The van der Waals surface area contributed by atoms with Crippen LogP contribution < -0.4 is 4.90 Å². The number of carbonyl (C=O) groups excluding carboxylic acids is 3. The lowest BCUT2D eigenvalue weighted by Crippen LogP contribution is -2.51. The number of nitrogens with zero attached hydrogens (tertiary/aromatic N) is 3. The summed E-state index contributed by atoms with van der Waals surface area (Å²) >= 11 is 0. The van der Waals surface area contributed by atoms with E-state index in [9.17, 15) is 23.2 Å². The van der Waals surface area contributed by atoms with Gasteiger partial charge in [-0.25, -0.2) is 13.6 Å². The van der Waals surface area contributed by atoms with E-state index in [2.05, 4.69) is 0 Å². The molecule has 1 aliphatic heterocycles. The predicted octanol–water partition coefficient (Wildman–Crippen LogP) is 2.01. The summed E-state index contributed by atoms with van der Waals surface area (Å²) in [5, 5.41) is 0. The van der Waals surface area contributed by atoms with Crippen molar-refractivity contribution in [3.05, 3.63) is 29.8 Å². The van der Waals surface area contributed by atoms with Crippen molar-refractivity contribution in [1.29, 1.82) is 0 Å². The number of amides is 3. The zero-order chi connectivity index (χ0) is 20.0. The molecule has 1 aromatic carbocycles. The van der Waals surface area contributed by atoms with Gasteiger partial charge in [0.2, 0.25) is 11.8 Å². The molecule has 1 aliphatic rings. The summed E-state index contributed by atoms with van der Waals surface area (Å²) in [6, 6.07) is 2.93. The summed E-state index contributed by atoms with van der Waals surface area (Å²) < 4.78 is 31.9. The maximum atomic E-state index is 13.9. The van der Waals surface area contributed by atoms with Crippen molar-refractivity contribution in [2.24, 2.45) is 0 Å². The fourth-order valence-electron chi connectivity index (χ4n) is 2.87. The van der Waals surface area contributed by atoms with E-state index in [4.69, 9.17) is 4.74 Å². The molecular formula is C18H23F2N3O4. The summed E-state index contributed by atoms with van der Waals surface area (Å²) in [5.41, 5.74) is -0.0659. The van der Waals surface area contributed by atoms with Crippen LogP contribution in [0.25, 0.3) is 0 Å². The lowest BCUT2D eigenvalue weighted by Gasteiger charge is -2.34. The van der Waals surface area contributed by atoms with Crippen LogP contribution in [0.15, 0.2) is 18.2 Å². The Morgan fingerprint density at radius 1 is 1.11 bits per heavy atom. The number of ether oxygens (including phenoxy) is 1. The summed E-state index contributed by atoms with van der Waals surface area (Å²) in [6.07, 6.45) is -0.408. The van der Waals surface area contributed by atoms with E-state index in [1.807, 2.05) is 0 Å². The van der Waals surface area contributed by atoms with Gasteiger partial charge in [0.05, 0.1) is 12.3 Å². The summed E-state index contributed by atoms with van der Waals surface area (Å²) in [7, 11) is 0. The van der Waals surface area contributed by atoms with Crippen LogP contribution in [-0.2, 0) is 14.3 Å². The molecule has 1 fully saturated rings. The third kappa shape index (κ3) is 5.38. The summed E-state index contributed by atoms with van der Waals surface area (Å²) in [4.78, 5) is 40.1. The van der Waals surface area contributed by atoms with E-state index in [0.717, 1.165) is 11.0 Å². The molecule has 1 saturated heterocycles. The van der Waals surface area contributed by atoms with Gasteiger partial charge in [0, 0.05) is 52.1 Å². The molecule has 0 N–H and O–H groups in total. The Balaban J connectivity index is 1.91. The Morgan fingerprint density at radius 3 is 2.30 bits per heavy atom. The standard InChI is InChI=1S/C18H23F2N3O4/c1-3-27-18(26)22-10-8-21(9-11-22)17(25)6-7-23(13(2)24)16-5-4-14(19)12-15(16)20/h4-5,12H,3,6-11H2,1-2H3. The van der Waals surface area contributed by atoms with Gasteiger partial charge in [0.1, 0.15) is 11.6 Å². The highest BCUT2D eigenvalue weighted by Crippen LogP contribution is 2.21. The van der Waals surface area contributed by atoms with Gasteiger partial charge >= 0.3 is 6.09 Å². The van der Waals surface area contributed by atoms with E-state index in [0.29, 0.717) is 38.9 Å². The second kappa shape index (κ2) is 9.29. The first-order chi connectivity index (χ1) is 12.8. The van der Waals surface area contributed by atoms with Gasteiger partial charge in [-0.2, -0.15) is 0 Å². The minimum Gasteiger partial charge on any atom is -0.450 e. The molecule has 1 heterocycles. The molecule has 0 aliphatic carbocycles. The first-order valence-corrected chi connectivity index (χ1v) is 8.76. The molecular weight excluding hydrogens is 360 g/mol. The number of hydrogen-bond donors (Lipinski definition) is 0. The summed E-state index contributed by atoms with van der Waals surface area (Å²) in [5.74, 6) is -2.25. The van der Waals surface area contributed by atoms with Gasteiger partial charge < -0.3 is 19.4 Å². The smallest absolute Gasteiger partial charge is 0.409 e. The van der Waals surface area contributed by atoms with Crippen LogP contribution >= 0.6 is 0 Å². The maximum absolute atomic E-state index is 13.9. The van der Waals surface area contributed by atoms with Crippen LogP contribution in [0.3, 0.4) is 0 Å². The van der Waals surface area contributed by atoms with Gasteiger partial charge in [0.15, 0.2) is 0 Å². The van der Waals surface area contributed by atoms with Crippen molar-refractivity contribution < 1.29 is 27.9 Å². The Labute approximate surface area is 156 Å². The van der Waals surface area contributed by atoms with E-state index in [1.54, 1.807) is 11.8 Å². The second-order valence-electron chi connectivity index (χ2n) is 6.08. The lowest BCUT2D eigenvalue weighted by atomic mass is 10.2. The highest BCUT2D eigenvalue weighted by atomic mass is 19.1. The molecule has 0 aromatic heterocycles. The molecule has 9 heteroatoms. The third-order valence-electron chi connectivity index (χ3n) is 4.29. The molecule has 0 spiro atoms. The Morgan fingerprint density at radius 2 is 1.74 bits per heavy atom. The molecule has 1 aromatic rings. The quantitative estimate of drug-likeness (QED) is 0.780. The average Bonchev–Trinajstić information content (AvgIpc) is 2.63. The van der Waals surface area contributed by atoms with Crippen LogP contribution in [0, 0.1) is 11.6 Å². The van der Waals surface area contributed by atoms with E-state index >= 15 is 0 Å². The lowest BCUT2D eigenvalue weighted by molar-refractivity contribution is -0.132. The third-order valence-corrected chi connectivity index (χ3v) is 4.29. The van der Waals surface area contributed by atoms with E-state index in [-0.39, 0.29) is 24.6 Å². The molecule has 3 amide bonds. The highest BCUT2D eigenvalue weighted by Gasteiger charge is 2.25. The SMILES string of the molecule is CCOC(=O)N1CCN(C(=O)CCN(C(C)=O)c2ccc(F)cc2F)CC1.